The molecule has 8 aromatic rings. The molecule has 1 aliphatic rings. The Labute approximate surface area is 270 Å². The van der Waals surface area contributed by atoms with Crippen molar-refractivity contribution in [3.63, 3.8) is 0 Å². The van der Waals surface area contributed by atoms with E-state index in [1.807, 2.05) is 0 Å². The number of hydrogen-bond donors (Lipinski definition) is 0. The maximum Gasteiger partial charge on any atom is 0.0543 e. The van der Waals surface area contributed by atoms with E-state index in [4.69, 9.17) is 0 Å². The van der Waals surface area contributed by atoms with Crippen LogP contribution in [0.4, 0.5) is 17.1 Å². The Bertz CT molecular complexity index is 2430. The molecule has 0 amide bonds. The number of benzene rings is 8. The Hall–Kier alpha value is -5.66. The first-order valence-corrected chi connectivity index (χ1v) is 16.1. The molecule has 0 bridgehead atoms. The molecule has 46 heavy (non-hydrogen) atoms. The summed E-state index contributed by atoms with van der Waals surface area (Å²) in [5.41, 5.74) is 11.3. The largest absolute Gasteiger partial charge is 0.310 e. The van der Waals surface area contributed by atoms with Crippen LogP contribution in [0.1, 0.15) is 25.0 Å². The van der Waals surface area contributed by atoms with Crippen LogP contribution in [0.3, 0.4) is 0 Å². The van der Waals surface area contributed by atoms with Crippen molar-refractivity contribution >= 4 is 49.4 Å². The smallest absolute Gasteiger partial charge is 0.0543 e. The van der Waals surface area contributed by atoms with E-state index >= 15 is 0 Å². The first-order valence-electron chi connectivity index (χ1n) is 16.1. The summed E-state index contributed by atoms with van der Waals surface area (Å²) < 4.78 is 0. The molecule has 1 nitrogen and oxygen atoms in total. The van der Waals surface area contributed by atoms with E-state index in [9.17, 15) is 0 Å². The first-order chi connectivity index (χ1) is 22.6. The molecule has 0 aromatic heterocycles. The van der Waals surface area contributed by atoms with Crippen LogP contribution in [0, 0.1) is 0 Å². The molecule has 1 aliphatic carbocycles. The van der Waals surface area contributed by atoms with Crippen LogP contribution < -0.4 is 4.90 Å². The summed E-state index contributed by atoms with van der Waals surface area (Å²) in [5.74, 6) is 0. The lowest BCUT2D eigenvalue weighted by atomic mass is 9.82. The molecule has 0 spiro atoms. The molecule has 0 saturated carbocycles. The quantitative estimate of drug-likeness (QED) is 0.185. The van der Waals surface area contributed by atoms with E-state index in [1.54, 1.807) is 0 Å². The zero-order chi connectivity index (χ0) is 30.8. The van der Waals surface area contributed by atoms with E-state index in [-0.39, 0.29) is 5.41 Å². The fraction of sp³-hybridized carbons (Fsp3) is 0.0667. The van der Waals surface area contributed by atoms with E-state index in [2.05, 4.69) is 183 Å². The van der Waals surface area contributed by atoms with Gasteiger partial charge >= 0.3 is 0 Å². The summed E-state index contributed by atoms with van der Waals surface area (Å²) in [6.45, 7) is 4.69. The lowest BCUT2D eigenvalue weighted by Gasteiger charge is -2.29. The summed E-state index contributed by atoms with van der Waals surface area (Å²) in [7, 11) is 0. The number of nitrogens with zero attached hydrogens (tertiary/aromatic N) is 1. The molecule has 0 aliphatic heterocycles. The maximum absolute atomic E-state index is 2.42. The molecule has 0 saturated heterocycles. The first kappa shape index (κ1) is 26.7. The Morgan fingerprint density at radius 1 is 0.435 bits per heavy atom. The van der Waals surface area contributed by atoms with Crippen LogP contribution in [0.25, 0.3) is 54.6 Å². The third-order valence-electron chi connectivity index (χ3n) is 10.0. The third kappa shape index (κ3) is 4.02. The highest BCUT2D eigenvalue weighted by Gasteiger charge is 2.37. The summed E-state index contributed by atoms with van der Waals surface area (Å²) >= 11 is 0. The molecule has 218 valence electrons. The lowest BCUT2D eigenvalue weighted by molar-refractivity contribution is 0.660. The van der Waals surface area contributed by atoms with E-state index in [0.717, 1.165) is 11.4 Å². The normalized spacial score (nSPS) is 13.2. The van der Waals surface area contributed by atoms with Crippen molar-refractivity contribution in [2.45, 2.75) is 19.3 Å². The number of hydrogen-bond acceptors (Lipinski definition) is 1. The second kappa shape index (κ2) is 10.2. The highest BCUT2D eigenvalue weighted by Crippen LogP contribution is 2.54. The van der Waals surface area contributed by atoms with Gasteiger partial charge in [0.05, 0.1) is 5.69 Å². The number of para-hydroxylation sites is 1. The zero-order valence-corrected chi connectivity index (χ0v) is 26.0. The van der Waals surface area contributed by atoms with Crippen LogP contribution in [0.2, 0.25) is 0 Å². The van der Waals surface area contributed by atoms with Crippen molar-refractivity contribution in [2.75, 3.05) is 4.90 Å². The average Bonchev–Trinajstić information content (AvgIpc) is 3.35. The predicted molar refractivity (Wildman–Crippen MR) is 197 cm³/mol. The summed E-state index contributed by atoms with van der Waals surface area (Å²) in [6, 6.07) is 60.1. The van der Waals surface area contributed by atoms with Gasteiger partial charge in [0.25, 0.3) is 0 Å². The number of rotatable bonds is 4. The Morgan fingerprint density at radius 3 is 1.91 bits per heavy atom. The number of fused-ring (bicyclic) bond motifs is 8. The Morgan fingerprint density at radius 2 is 1.07 bits per heavy atom. The fourth-order valence-corrected chi connectivity index (χ4v) is 7.74. The maximum atomic E-state index is 2.42. The lowest BCUT2D eigenvalue weighted by Crippen LogP contribution is -2.16. The van der Waals surface area contributed by atoms with Gasteiger partial charge in [-0.15, -0.1) is 0 Å². The zero-order valence-electron chi connectivity index (χ0n) is 26.0. The highest BCUT2D eigenvalue weighted by atomic mass is 15.1. The Kier molecular flexibility index (Phi) is 5.92. The van der Waals surface area contributed by atoms with Crippen molar-refractivity contribution in [3.05, 3.63) is 175 Å². The van der Waals surface area contributed by atoms with Gasteiger partial charge in [0.1, 0.15) is 0 Å². The molecule has 8 aromatic carbocycles. The molecule has 0 heterocycles. The minimum absolute atomic E-state index is 0.0537. The topological polar surface area (TPSA) is 3.24 Å². The molecular weight excluding hydrogens is 555 g/mol. The van der Waals surface area contributed by atoms with Crippen LogP contribution in [0.5, 0.6) is 0 Å². The van der Waals surface area contributed by atoms with Crippen molar-refractivity contribution in [3.8, 4) is 22.3 Å². The predicted octanol–water partition coefficient (Wildman–Crippen LogP) is 12.6. The van der Waals surface area contributed by atoms with Crippen molar-refractivity contribution < 1.29 is 0 Å². The van der Waals surface area contributed by atoms with Crippen molar-refractivity contribution in [1.29, 1.82) is 0 Å². The van der Waals surface area contributed by atoms with Gasteiger partial charge in [0, 0.05) is 22.4 Å². The van der Waals surface area contributed by atoms with Gasteiger partial charge in [0.15, 0.2) is 0 Å². The molecule has 0 fully saturated rings. The number of anilines is 3. The van der Waals surface area contributed by atoms with Gasteiger partial charge in [-0.05, 0) is 96.5 Å². The fourth-order valence-electron chi connectivity index (χ4n) is 7.74. The molecule has 0 radical (unpaired) electrons. The van der Waals surface area contributed by atoms with Gasteiger partial charge in [-0.25, -0.2) is 0 Å². The summed E-state index contributed by atoms with van der Waals surface area (Å²) in [4.78, 5) is 2.42. The second-order valence-corrected chi connectivity index (χ2v) is 13.0. The molecule has 9 rings (SSSR count). The third-order valence-corrected chi connectivity index (χ3v) is 10.0. The Balaban J connectivity index is 1.16. The van der Waals surface area contributed by atoms with Crippen LogP contribution >= 0.6 is 0 Å². The van der Waals surface area contributed by atoms with Gasteiger partial charge in [-0.2, -0.15) is 0 Å². The summed E-state index contributed by atoms with van der Waals surface area (Å²) in [6.07, 6.45) is 0. The molecule has 0 unspecified atom stereocenters. The van der Waals surface area contributed by atoms with Gasteiger partial charge in [0.2, 0.25) is 0 Å². The second-order valence-electron chi connectivity index (χ2n) is 13.0. The molecule has 0 N–H and O–H groups in total. The van der Waals surface area contributed by atoms with Crippen LogP contribution in [-0.4, -0.2) is 0 Å². The standard InChI is InChI=1S/C45H33N/c1-45(2)40-16-9-8-15-39(40)44-41(45)17-10-18-42(44)46(35-12-4-3-5-13-35)36-26-23-30(24-27-36)33-25-28-38-34(29-33)22-21-32-20-19-31-11-6-7-14-37(31)43(32)38/h3-29H,1-2H3. The minimum atomic E-state index is -0.0537. The monoisotopic (exact) mass is 587 g/mol. The molecule has 0 atom stereocenters. The minimum Gasteiger partial charge on any atom is -0.310 e. The molecular formula is C45H33N. The van der Waals surface area contributed by atoms with E-state index in [1.165, 1.54) is 71.4 Å². The van der Waals surface area contributed by atoms with E-state index in [0.29, 0.717) is 0 Å². The van der Waals surface area contributed by atoms with Crippen LogP contribution in [-0.2, 0) is 5.41 Å². The summed E-state index contributed by atoms with van der Waals surface area (Å²) in [5, 5.41) is 7.76. The highest BCUT2D eigenvalue weighted by molar-refractivity contribution is 6.20. The average molecular weight is 588 g/mol. The SMILES string of the molecule is CC1(C)c2ccccc2-c2c(N(c3ccccc3)c3ccc(-c4ccc5c(ccc6ccc7ccccc7c65)c4)cc3)cccc21. The van der Waals surface area contributed by atoms with E-state index < -0.39 is 0 Å². The van der Waals surface area contributed by atoms with Gasteiger partial charge in [-0.3, -0.25) is 0 Å². The van der Waals surface area contributed by atoms with Crippen molar-refractivity contribution in [2.24, 2.45) is 0 Å². The van der Waals surface area contributed by atoms with Gasteiger partial charge in [-0.1, -0.05) is 141 Å². The van der Waals surface area contributed by atoms with Crippen LogP contribution in [0.15, 0.2) is 164 Å². The molecule has 1 heteroatoms. The van der Waals surface area contributed by atoms with Gasteiger partial charge < -0.3 is 4.90 Å². The van der Waals surface area contributed by atoms with Crippen molar-refractivity contribution in [1.82, 2.24) is 0 Å².